The number of non-ortho nitro benzene ring substituents is 1. The average Bonchev–Trinajstić information content (AvgIpc) is 3.05. The van der Waals surface area contributed by atoms with Gasteiger partial charge in [0.2, 0.25) is 0 Å². The molecule has 0 saturated carbocycles. The third-order valence-electron chi connectivity index (χ3n) is 6.44. The zero-order valence-corrected chi connectivity index (χ0v) is 16.8. The van der Waals surface area contributed by atoms with Crippen molar-refractivity contribution in [2.45, 2.75) is 40.0 Å². The van der Waals surface area contributed by atoms with Gasteiger partial charge in [0, 0.05) is 17.7 Å². The highest BCUT2D eigenvalue weighted by Crippen LogP contribution is 2.57. The van der Waals surface area contributed by atoms with Crippen molar-refractivity contribution in [1.82, 2.24) is 4.98 Å². The number of benzene rings is 1. The first kappa shape index (κ1) is 18.1. The molecule has 27 heavy (non-hydrogen) atoms. The lowest BCUT2D eigenvalue weighted by Crippen LogP contribution is -2.36. The number of hydrogen-bond acceptors (Lipinski definition) is 4. The molecule has 1 heterocycles. The fraction of sp³-hybridized carbons (Fsp3) is 0.409. The molecular formula is C22H24N2O2S. The lowest BCUT2D eigenvalue weighted by atomic mass is 9.59. The first-order valence-corrected chi connectivity index (χ1v) is 10.2. The van der Waals surface area contributed by atoms with Crippen LogP contribution >= 0.6 is 11.3 Å². The van der Waals surface area contributed by atoms with E-state index in [4.69, 9.17) is 4.98 Å². The second-order valence-electron chi connectivity index (χ2n) is 8.22. The van der Waals surface area contributed by atoms with Gasteiger partial charge in [-0.25, -0.2) is 4.98 Å². The fourth-order valence-electron chi connectivity index (χ4n) is 4.46. The van der Waals surface area contributed by atoms with Crippen molar-refractivity contribution in [1.29, 1.82) is 0 Å². The number of nitrogens with zero attached hydrogens (tertiary/aromatic N) is 2. The first-order valence-electron chi connectivity index (χ1n) is 9.40. The molecule has 0 N–H and O–H groups in total. The minimum atomic E-state index is -0.366. The fourth-order valence-corrected chi connectivity index (χ4v) is 5.73. The number of fused-ring (bicyclic) bond motifs is 3. The Labute approximate surface area is 163 Å². The number of rotatable bonds is 3. The molecule has 4 nitrogen and oxygen atoms in total. The minimum Gasteiger partial charge on any atom is -0.258 e. The van der Waals surface area contributed by atoms with E-state index in [1.807, 2.05) is 0 Å². The molecule has 1 aromatic carbocycles. The Kier molecular flexibility index (Phi) is 4.30. The van der Waals surface area contributed by atoms with Gasteiger partial charge >= 0.3 is 0 Å². The van der Waals surface area contributed by atoms with E-state index >= 15 is 0 Å². The molecule has 1 aromatic heterocycles. The van der Waals surface area contributed by atoms with Crippen LogP contribution in [0, 0.1) is 27.4 Å². The Balaban J connectivity index is 1.74. The molecule has 0 bridgehead atoms. The van der Waals surface area contributed by atoms with Crippen molar-refractivity contribution in [2.24, 2.45) is 17.3 Å². The smallest absolute Gasteiger partial charge is 0.258 e. The summed E-state index contributed by atoms with van der Waals surface area (Å²) in [5, 5.41) is 11.8. The van der Waals surface area contributed by atoms with Crippen LogP contribution in [0.15, 0.2) is 42.5 Å². The summed E-state index contributed by atoms with van der Waals surface area (Å²) in [6.45, 7) is 11.1. The maximum Gasteiger partial charge on any atom is 0.269 e. The van der Waals surface area contributed by atoms with E-state index < -0.39 is 0 Å². The maximum atomic E-state index is 10.9. The Morgan fingerprint density at radius 1 is 1.37 bits per heavy atom. The van der Waals surface area contributed by atoms with E-state index in [-0.39, 0.29) is 16.0 Å². The van der Waals surface area contributed by atoms with Gasteiger partial charge in [0.15, 0.2) is 0 Å². The molecule has 2 aliphatic rings. The molecular weight excluding hydrogens is 356 g/mol. The number of aromatic nitrogens is 1. The largest absolute Gasteiger partial charge is 0.269 e. The standard InChI is InChI=1S/C22H24N2O2S/c1-13(2)16-7-10-18-20-19(11-14(3)22(18,4)12-16)23-21(27-20)15-5-8-17(9-6-15)24(25)26/h5-6,8-10,14,16H,1,7,11-12H2,2-4H3/t14-,16-,22+/m1/s1. The zero-order valence-electron chi connectivity index (χ0n) is 16.0. The van der Waals surface area contributed by atoms with Gasteiger partial charge in [0.1, 0.15) is 5.01 Å². The van der Waals surface area contributed by atoms with E-state index in [0.29, 0.717) is 11.8 Å². The van der Waals surface area contributed by atoms with Gasteiger partial charge in [-0.3, -0.25) is 10.1 Å². The average molecular weight is 381 g/mol. The lowest BCUT2D eigenvalue weighted by Gasteiger charge is -2.46. The molecule has 0 saturated heterocycles. The van der Waals surface area contributed by atoms with E-state index in [1.54, 1.807) is 35.6 Å². The van der Waals surface area contributed by atoms with E-state index in [2.05, 4.69) is 33.4 Å². The highest BCUT2D eigenvalue weighted by molar-refractivity contribution is 7.16. The highest BCUT2D eigenvalue weighted by atomic mass is 32.1. The van der Waals surface area contributed by atoms with Crippen molar-refractivity contribution in [3.8, 4) is 10.6 Å². The topological polar surface area (TPSA) is 56.0 Å². The molecule has 5 heteroatoms. The van der Waals surface area contributed by atoms with Crippen molar-refractivity contribution >= 4 is 22.6 Å². The summed E-state index contributed by atoms with van der Waals surface area (Å²) in [5.74, 6) is 1.09. The predicted octanol–water partition coefficient (Wildman–Crippen LogP) is 6.29. The van der Waals surface area contributed by atoms with Crippen LogP contribution in [-0.2, 0) is 6.42 Å². The second-order valence-corrected chi connectivity index (χ2v) is 9.22. The predicted molar refractivity (Wildman–Crippen MR) is 111 cm³/mol. The maximum absolute atomic E-state index is 10.9. The van der Waals surface area contributed by atoms with Gasteiger partial charge < -0.3 is 0 Å². The molecule has 2 aliphatic carbocycles. The highest BCUT2D eigenvalue weighted by Gasteiger charge is 2.45. The van der Waals surface area contributed by atoms with Crippen LogP contribution in [0.5, 0.6) is 0 Å². The normalized spacial score (nSPS) is 26.7. The van der Waals surface area contributed by atoms with Gasteiger partial charge in [-0.05, 0) is 61.1 Å². The molecule has 0 unspecified atom stereocenters. The van der Waals surface area contributed by atoms with Crippen molar-refractivity contribution in [2.75, 3.05) is 0 Å². The lowest BCUT2D eigenvalue weighted by molar-refractivity contribution is -0.384. The van der Waals surface area contributed by atoms with Gasteiger partial charge in [-0.2, -0.15) is 0 Å². The van der Waals surface area contributed by atoms with Crippen LogP contribution < -0.4 is 0 Å². The molecule has 4 rings (SSSR count). The second kappa shape index (κ2) is 6.41. The van der Waals surface area contributed by atoms with Crippen molar-refractivity contribution in [3.05, 3.63) is 63.2 Å². The molecule has 2 aromatic rings. The quantitative estimate of drug-likeness (QED) is 0.357. The molecule has 140 valence electrons. The number of hydrogen-bond donors (Lipinski definition) is 0. The molecule has 0 radical (unpaired) electrons. The van der Waals surface area contributed by atoms with Crippen LogP contribution in [0.2, 0.25) is 0 Å². The molecule has 3 atom stereocenters. The number of nitro benzene ring substituents is 1. The van der Waals surface area contributed by atoms with Crippen LogP contribution in [0.1, 0.15) is 44.2 Å². The van der Waals surface area contributed by atoms with Gasteiger partial charge in [0.25, 0.3) is 5.69 Å². The summed E-state index contributed by atoms with van der Waals surface area (Å²) < 4.78 is 0. The summed E-state index contributed by atoms with van der Waals surface area (Å²) in [7, 11) is 0. The third-order valence-corrected chi connectivity index (χ3v) is 7.62. The van der Waals surface area contributed by atoms with Gasteiger partial charge in [-0.15, -0.1) is 11.3 Å². The summed E-state index contributed by atoms with van der Waals surface area (Å²) >= 11 is 1.73. The summed E-state index contributed by atoms with van der Waals surface area (Å²) in [6, 6.07) is 6.72. The van der Waals surface area contributed by atoms with Crippen LogP contribution in [-0.4, -0.2) is 9.91 Å². The van der Waals surface area contributed by atoms with E-state index in [1.165, 1.54) is 21.7 Å². The molecule has 0 aliphatic heterocycles. The first-order chi connectivity index (χ1) is 12.8. The van der Waals surface area contributed by atoms with Crippen molar-refractivity contribution < 1.29 is 4.92 Å². The SMILES string of the molecule is C=C(C)[C@@H]1CC=C2c3sc(-c4ccc([N+](=O)[O-])cc4)nc3C[C@@H](C)[C@]2(C)C1. The summed E-state index contributed by atoms with van der Waals surface area (Å²) in [6.07, 6.45) is 5.60. The molecule has 0 spiro atoms. The minimum absolute atomic E-state index is 0.113. The third kappa shape index (κ3) is 2.94. The van der Waals surface area contributed by atoms with Crippen LogP contribution in [0.4, 0.5) is 5.69 Å². The molecule has 0 amide bonds. The Morgan fingerprint density at radius 3 is 2.70 bits per heavy atom. The van der Waals surface area contributed by atoms with E-state index in [9.17, 15) is 10.1 Å². The van der Waals surface area contributed by atoms with Crippen LogP contribution in [0.3, 0.4) is 0 Å². The molecule has 0 fully saturated rings. The number of nitro groups is 1. The van der Waals surface area contributed by atoms with Gasteiger partial charge in [-0.1, -0.05) is 32.1 Å². The monoisotopic (exact) mass is 380 g/mol. The van der Waals surface area contributed by atoms with Gasteiger partial charge in [0.05, 0.1) is 15.5 Å². The Bertz CT molecular complexity index is 957. The zero-order chi connectivity index (χ0) is 19.3. The number of thiazole rings is 1. The Hall–Kier alpha value is -2.27. The van der Waals surface area contributed by atoms with Crippen molar-refractivity contribution in [3.63, 3.8) is 0 Å². The van der Waals surface area contributed by atoms with Crippen LogP contribution in [0.25, 0.3) is 16.1 Å². The Morgan fingerprint density at radius 2 is 2.07 bits per heavy atom. The van der Waals surface area contributed by atoms with E-state index in [0.717, 1.165) is 29.8 Å². The number of allylic oxidation sites excluding steroid dienone is 3. The summed E-state index contributed by atoms with van der Waals surface area (Å²) in [4.78, 5) is 16.7. The summed E-state index contributed by atoms with van der Waals surface area (Å²) in [5.41, 5.74) is 5.12.